The highest BCUT2D eigenvalue weighted by Crippen LogP contribution is 2.23. The number of nitrogens with one attached hydrogen (secondary N) is 2. The third-order valence-corrected chi connectivity index (χ3v) is 4.16. The first-order chi connectivity index (χ1) is 11.0. The summed E-state index contributed by atoms with van der Waals surface area (Å²) in [5.41, 5.74) is 4.64. The first kappa shape index (κ1) is 17.6. The number of carbonyl (C=O) groups excluding carboxylic acids is 1. The van der Waals surface area contributed by atoms with Gasteiger partial charge in [0.05, 0.1) is 22.8 Å². The van der Waals surface area contributed by atoms with Crippen LogP contribution in [0.25, 0.3) is 0 Å². The van der Waals surface area contributed by atoms with Crippen LogP contribution in [0.4, 0.5) is 5.69 Å². The van der Waals surface area contributed by atoms with Crippen molar-refractivity contribution in [3.05, 3.63) is 62.6 Å². The molecule has 0 aliphatic rings. The van der Waals surface area contributed by atoms with Crippen molar-refractivity contribution in [1.29, 1.82) is 0 Å². The Morgan fingerprint density at radius 3 is 2.39 bits per heavy atom. The second-order valence-electron chi connectivity index (χ2n) is 4.69. The number of amides is 1. The van der Waals surface area contributed by atoms with Gasteiger partial charge in [0.1, 0.15) is 0 Å². The molecule has 1 amide bonds. The summed E-state index contributed by atoms with van der Waals surface area (Å²) in [6.07, 6.45) is 1.41. The molecular formula is C16H14Cl3N3O. The molecule has 2 rings (SSSR count). The Kier molecular flexibility index (Phi) is 6.28. The lowest BCUT2D eigenvalue weighted by atomic mass is 10.2. The van der Waals surface area contributed by atoms with E-state index >= 15 is 0 Å². The van der Waals surface area contributed by atoms with Gasteiger partial charge in [-0.05, 0) is 36.8 Å². The van der Waals surface area contributed by atoms with E-state index in [4.69, 9.17) is 34.8 Å². The summed E-state index contributed by atoms with van der Waals surface area (Å²) >= 11 is 18.0. The van der Waals surface area contributed by atoms with Gasteiger partial charge >= 0.3 is 0 Å². The lowest BCUT2D eigenvalue weighted by Crippen LogP contribution is -2.26. The van der Waals surface area contributed by atoms with E-state index in [1.165, 1.54) is 6.21 Å². The van der Waals surface area contributed by atoms with E-state index < -0.39 is 0 Å². The summed E-state index contributed by atoms with van der Waals surface area (Å²) < 4.78 is 0. The lowest BCUT2D eigenvalue weighted by Gasteiger charge is -2.09. The van der Waals surface area contributed by atoms with Crippen LogP contribution >= 0.6 is 34.8 Å². The molecule has 2 N–H and O–H groups in total. The number of nitrogens with zero attached hydrogens (tertiary/aromatic N) is 1. The zero-order valence-corrected chi connectivity index (χ0v) is 14.5. The molecule has 120 valence electrons. The molecule has 0 saturated heterocycles. The fourth-order valence-corrected chi connectivity index (χ4v) is 2.49. The Morgan fingerprint density at radius 2 is 1.70 bits per heavy atom. The number of rotatable bonds is 5. The van der Waals surface area contributed by atoms with Gasteiger partial charge in [-0.2, -0.15) is 5.10 Å². The average molecular weight is 371 g/mol. The molecule has 7 heteroatoms. The summed E-state index contributed by atoms with van der Waals surface area (Å²) in [5.74, 6) is -0.302. The smallest absolute Gasteiger partial charge is 0.259 e. The van der Waals surface area contributed by atoms with Crippen molar-refractivity contribution in [3.8, 4) is 0 Å². The molecule has 0 aliphatic carbocycles. The van der Waals surface area contributed by atoms with Crippen LogP contribution in [-0.4, -0.2) is 18.7 Å². The van der Waals surface area contributed by atoms with Gasteiger partial charge in [0.15, 0.2) is 0 Å². The van der Waals surface area contributed by atoms with Crippen molar-refractivity contribution in [1.82, 2.24) is 5.43 Å². The van der Waals surface area contributed by atoms with Crippen LogP contribution in [0.5, 0.6) is 0 Å². The molecule has 23 heavy (non-hydrogen) atoms. The quantitative estimate of drug-likeness (QED) is 0.600. The third-order valence-electron chi connectivity index (χ3n) is 3.09. The van der Waals surface area contributed by atoms with Gasteiger partial charge in [-0.15, -0.1) is 0 Å². The van der Waals surface area contributed by atoms with Crippen LogP contribution in [0.15, 0.2) is 41.5 Å². The zero-order valence-electron chi connectivity index (χ0n) is 12.2. The summed E-state index contributed by atoms with van der Waals surface area (Å²) in [7, 11) is 0. The average Bonchev–Trinajstić information content (AvgIpc) is 2.51. The van der Waals surface area contributed by atoms with E-state index in [2.05, 4.69) is 15.8 Å². The Balaban J connectivity index is 1.90. The maximum atomic E-state index is 11.8. The van der Waals surface area contributed by atoms with Crippen LogP contribution in [-0.2, 0) is 4.79 Å². The van der Waals surface area contributed by atoms with E-state index in [0.717, 1.165) is 11.3 Å². The van der Waals surface area contributed by atoms with Gasteiger partial charge in [0, 0.05) is 16.3 Å². The molecule has 0 fully saturated rings. The minimum Gasteiger partial charge on any atom is -0.376 e. The van der Waals surface area contributed by atoms with Crippen molar-refractivity contribution in [2.75, 3.05) is 11.9 Å². The monoisotopic (exact) mass is 369 g/mol. The molecule has 0 unspecified atom stereocenters. The highest BCUT2D eigenvalue weighted by molar-refractivity contribution is 6.38. The first-order valence-corrected chi connectivity index (χ1v) is 7.87. The van der Waals surface area contributed by atoms with Gasteiger partial charge in [-0.1, -0.05) is 46.9 Å². The Bertz CT molecular complexity index is 727. The maximum absolute atomic E-state index is 11.8. The molecule has 0 saturated carbocycles. The minimum atomic E-state index is -0.302. The van der Waals surface area contributed by atoms with Gasteiger partial charge in [0.2, 0.25) is 0 Å². The molecule has 0 spiro atoms. The summed E-state index contributed by atoms with van der Waals surface area (Å²) in [6.45, 7) is 1.94. The van der Waals surface area contributed by atoms with Gasteiger partial charge < -0.3 is 5.32 Å². The standard InChI is InChI=1S/C16H14Cl3N3O/c1-10-12(17)4-3-7-15(10)20-9-16(23)22-21-8-11-13(18)5-2-6-14(11)19/h2-8,20H,9H2,1H3,(H,22,23)/b21-8-. The van der Waals surface area contributed by atoms with Crippen LogP contribution in [0.3, 0.4) is 0 Å². The number of hydrazone groups is 1. The van der Waals surface area contributed by atoms with E-state index in [0.29, 0.717) is 20.6 Å². The van der Waals surface area contributed by atoms with Gasteiger partial charge in [-0.25, -0.2) is 5.43 Å². The molecule has 2 aromatic rings. The number of benzene rings is 2. The predicted molar refractivity (Wildman–Crippen MR) is 96.9 cm³/mol. The first-order valence-electron chi connectivity index (χ1n) is 6.74. The molecule has 0 heterocycles. The third kappa shape index (κ3) is 4.86. The van der Waals surface area contributed by atoms with E-state index in [1.54, 1.807) is 24.3 Å². The number of halogens is 3. The summed E-state index contributed by atoms with van der Waals surface area (Å²) in [6, 6.07) is 10.6. The van der Waals surface area contributed by atoms with Gasteiger partial charge in [0.25, 0.3) is 5.91 Å². The van der Waals surface area contributed by atoms with E-state index in [-0.39, 0.29) is 12.5 Å². The van der Waals surface area contributed by atoms with Crippen molar-refractivity contribution in [2.24, 2.45) is 5.10 Å². The molecule has 0 radical (unpaired) electrons. The molecular weight excluding hydrogens is 357 g/mol. The van der Waals surface area contributed by atoms with E-state index in [1.807, 2.05) is 19.1 Å². The molecule has 2 aromatic carbocycles. The molecule has 0 aliphatic heterocycles. The summed E-state index contributed by atoms with van der Waals surface area (Å²) in [5, 5.41) is 8.42. The SMILES string of the molecule is Cc1c(Cl)cccc1NCC(=O)N/N=C\c1c(Cl)cccc1Cl. The van der Waals surface area contributed by atoms with Crippen LogP contribution < -0.4 is 10.7 Å². The van der Waals surface area contributed by atoms with Crippen molar-refractivity contribution < 1.29 is 4.79 Å². The van der Waals surface area contributed by atoms with Gasteiger partial charge in [-0.3, -0.25) is 4.79 Å². The topological polar surface area (TPSA) is 53.5 Å². The second kappa shape index (κ2) is 8.20. The molecule has 0 bridgehead atoms. The van der Waals surface area contributed by atoms with Crippen molar-refractivity contribution >= 4 is 52.6 Å². The molecule has 0 aromatic heterocycles. The highest BCUT2D eigenvalue weighted by Gasteiger charge is 2.05. The Morgan fingerprint density at radius 1 is 1.09 bits per heavy atom. The van der Waals surface area contributed by atoms with Crippen LogP contribution in [0.2, 0.25) is 15.1 Å². The van der Waals surface area contributed by atoms with Crippen molar-refractivity contribution in [3.63, 3.8) is 0 Å². The fraction of sp³-hybridized carbons (Fsp3) is 0.125. The Hall–Kier alpha value is -1.75. The van der Waals surface area contributed by atoms with Crippen molar-refractivity contribution in [2.45, 2.75) is 6.92 Å². The lowest BCUT2D eigenvalue weighted by molar-refractivity contribution is -0.119. The zero-order chi connectivity index (χ0) is 16.8. The number of carbonyl (C=O) groups is 1. The molecule has 4 nitrogen and oxygen atoms in total. The second-order valence-corrected chi connectivity index (χ2v) is 5.92. The van der Waals surface area contributed by atoms with Crippen LogP contribution in [0.1, 0.15) is 11.1 Å². The van der Waals surface area contributed by atoms with Crippen LogP contribution in [0, 0.1) is 6.92 Å². The van der Waals surface area contributed by atoms with E-state index in [9.17, 15) is 4.79 Å². The maximum Gasteiger partial charge on any atom is 0.259 e. The fourth-order valence-electron chi connectivity index (χ4n) is 1.82. The predicted octanol–water partition coefficient (Wildman–Crippen LogP) is 4.52. The summed E-state index contributed by atoms with van der Waals surface area (Å²) in [4.78, 5) is 11.8. The minimum absolute atomic E-state index is 0.0643. The normalized spacial score (nSPS) is 10.8. The number of hydrogen-bond donors (Lipinski definition) is 2. The highest BCUT2D eigenvalue weighted by atomic mass is 35.5. The number of anilines is 1. The largest absolute Gasteiger partial charge is 0.376 e. The molecule has 0 atom stereocenters. The Labute approximate surface area is 149 Å². The number of hydrogen-bond acceptors (Lipinski definition) is 3.